The molecule has 7 heterocycles. The number of aromatic amines is 1. The Morgan fingerprint density at radius 1 is 0.985 bits per heavy atom. The minimum atomic E-state index is -1.08. The largest absolute Gasteiger partial charge is 0.486 e. The van der Waals surface area contributed by atoms with Crippen molar-refractivity contribution >= 4 is 93.8 Å². The van der Waals surface area contributed by atoms with Crippen molar-refractivity contribution in [1.82, 2.24) is 34.3 Å². The second-order valence-corrected chi connectivity index (χ2v) is 19.6. The number of hydrogen-bond donors (Lipinski definition) is 2. The summed E-state index contributed by atoms with van der Waals surface area (Å²) in [4.78, 5) is 88.6. The summed E-state index contributed by atoms with van der Waals surface area (Å²) in [5, 5.41) is 12.7. The zero-order valence-corrected chi connectivity index (χ0v) is 38.4. The number of ether oxygens (including phenoxy) is 1. The van der Waals surface area contributed by atoms with Crippen LogP contribution in [0.1, 0.15) is 84.3 Å². The van der Waals surface area contributed by atoms with Crippen molar-refractivity contribution in [2.75, 3.05) is 49.5 Å². The molecule has 1 spiro atoms. The monoisotopic (exact) mass is 951 g/mol. The van der Waals surface area contributed by atoms with Gasteiger partial charge >= 0.3 is 0 Å². The van der Waals surface area contributed by atoms with Gasteiger partial charge in [-0.15, -0.1) is 0 Å². The number of nitrogens with zero attached hydrogens (tertiary/aromatic N) is 7. The van der Waals surface area contributed by atoms with Crippen LogP contribution in [0, 0.1) is 5.41 Å². The molecule has 3 saturated heterocycles. The molecule has 0 saturated carbocycles. The average Bonchev–Trinajstić information content (AvgIpc) is 3.82. The molecule has 19 heteroatoms. The van der Waals surface area contributed by atoms with Gasteiger partial charge in [0.05, 0.1) is 38.4 Å². The summed E-state index contributed by atoms with van der Waals surface area (Å²) in [5.41, 5.74) is 3.77. The highest BCUT2D eigenvalue weighted by atomic mass is 35.5. The third kappa shape index (κ3) is 9.13. The van der Waals surface area contributed by atoms with Gasteiger partial charge in [-0.05, 0) is 75.1 Å². The molecule has 66 heavy (non-hydrogen) atoms. The van der Waals surface area contributed by atoms with E-state index in [0.717, 1.165) is 71.9 Å². The van der Waals surface area contributed by atoms with E-state index in [1.165, 1.54) is 12.1 Å². The van der Waals surface area contributed by atoms with Gasteiger partial charge in [0, 0.05) is 104 Å². The third-order valence-corrected chi connectivity index (χ3v) is 14.7. The Labute approximate surface area is 394 Å². The van der Waals surface area contributed by atoms with Gasteiger partial charge in [-0.3, -0.25) is 34.2 Å². The Balaban J connectivity index is 0.685. The number of aldehydes is 2. The van der Waals surface area contributed by atoms with Crippen molar-refractivity contribution in [3.05, 3.63) is 93.9 Å². The van der Waals surface area contributed by atoms with E-state index in [1.807, 2.05) is 48.2 Å². The number of imide groups is 1. The van der Waals surface area contributed by atoms with Crippen LogP contribution in [0.15, 0.2) is 67.1 Å². The lowest BCUT2D eigenvalue weighted by atomic mass is 9.74. The molecule has 9 rings (SSSR count). The van der Waals surface area contributed by atoms with Gasteiger partial charge in [0.25, 0.3) is 11.8 Å². The third-order valence-electron chi connectivity index (χ3n) is 12.7. The number of halogens is 2. The molecule has 0 radical (unpaired) electrons. The lowest BCUT2D eigenvalue weighted by Gasteiger charge is -2.60. The number of likely N-dealkylation sites (tertiary alicyclic amines) is 1. The molecule has 0 aliphatic carbocycles. The molecule has 342 valence electrons. The highest BCUT2D eigenvalue weighted by Crippen LogP contribution is 2.46. The Morgan fingerprint density at radius 2 is 1.76 bits per heavy atom. The SMILES string of the molecule is C[C@@H](Oc1ccc2[nH]nc(-c3ccc(N4CC5(CN(SC6CCN(C(=O)CCCC(=O)Nc7cccc8c7C(=O)N(C(C=O)CCC=O)C8=O)CC6)C5)C4)nc3)c2c1)c1c(Cl)cncc1Cl. The number of fused-ring (bicyclic) bond motifs is 2. The van der Waals surface area contributed by atoms with Crippen LogP contribution in [0.2, 0.25) is 10.0 Å². The number of rotatable bonds is 17. The summed E-state index contributed by atoms with van der Waals surface area (Å²) in [6, 6.07) is 13.3. The van der Waals surface area contributed by atoms with Crippen molar-refractivity contribution in [2.45, 2.75) is 69.3 Å². The van der Waals surface area contributed by atoms with Crippen molar-refractivity contribution < 1.29 is 33.5 Å². The minimum Gasteiger partial charge on any atom is -0.486 e. The number of anilines is 2. The maximum absolute atomic E-state index is 13.2. The Morgan fingerprint density at radius 3 is 2.47 bits per heavy atom. The number of hydrogen-bond acceptors (Lipinski definition) is 13. The molecule has 4 aliphatic heterocycles. The van der Waals surface area contributed by atoms with Crippen LogP contribution in [-0.2, 0) is 19.2 Å². The van der Waals surface area contributed by atoms with Gasteiger partial charge in [0.1, 0.15) is 35.9 Å². The number of nitrogens with one attached hydrogen (secondary N) is 2. The number of aromatic nitrogens is 4. The smallest absolute Gasteiger partial charge is 0.264 e. The molecule has 2 N–H and O–H groups in total. The molecular formula is C47H47Cl2N9O7S. The highest BCUT2D eigenvalue weighted by molar-refractivity contribution is 7.97. The van der Waals surface area contributed by atoms with E-state index < -0.39 is 24.0 Å². The first-order valence-electron chi connectivity index (χ1n) is 22.0. The number of H-pyrrole nitrogens is 1. The fraction of sp³-hybridized carbons (Fsp3) is 0.383. The van der Waals surface area contributed by atoms with Gasteiger partial charge in [-0.25, -0.2) is 9.29 Å². The highest BCUT2D eigenvalue weighted by Gasteiger charge is 2.53. The second-order valence-electron chi connectivity index (χ2n) is 17.4. The fourth-order valence-electron chi connectivity index (χ4n) is 9.37. The molecule has 16 nitrogen and oxygen atoms in total. The Bertz CT molecular complexity index is 2680. The number of carbonyl (C=O) groups excluding carboxylic acids is 6. The molecule has 1 unspecified atom stereocenters. The van der Waals surface area contributed by atoms with Gasteiger partial charge in [0.2, 0.25) is 11.8 Å². The zero-order valence-electron chi connectivity index (χ0n) is 36.1. The molecule has 0 bridgehead atoms. The molecule has 2 aromatic carbocycles. The van der Waals surface area contributed by atoms with E-state index in [-0.39, 0.29) is 59.7 Å². The number of carbonyl (C=O) groups is 6. The summed E-state index contributed by atoms with van der Waals surface area (Å²) in [7, 11) is 0. The number of amides is 4. The van der Waals surface area contributed by atoms with Crippen molar-refractivity contribution in [3.63, 3.8) is 0 Å². The predicted octanol–water partition coefficient (Wildman–Crippen LogP) is 7.18. The summed E-state index contributed by atoms with van der Waals surface area (Å²) in [6.45, 7) is 7.18. The van der Waals surface area contributed by atoms with Crippen LogP contribution in [-0.4, -0.2) is 121 Å². The van der Waals surface area contributed by atoms with E-state index in [4.69, 9.17) is 32.9 Å². The standard InChI is InChI=1S/C47H47Cl2N9O7S/c1-28(42-35(48)21-50-22-36(42)49)65-31-11-12-37-34(19-31)44(54-53-37)29-10-13-39(51-20-29)56-24-47(25-56)26-57(27-47)66-32-14-16-55(17-15-32)41(62)9-3-8-40(61)52-38-7-2-6-33-43(38)46(64)58(45(33)63)30(23-60)5-4-18-59/h2,6-7,10-13,18-23,28,30,32H,3-5,8-9,14-17,24-27H2,1H3,(H,52,61)(H,53,54)/t28-,30?/m1/s1. The minimum absolute atomic E-state index is 0.0127. The number of benzene rings is 2. The normalized spacial score (nSPS) is 17.9. The molecule has 4 aliphatic rings. The van der Waals surface area contributed by atoms with Crippen LogP contribution < -0.4 is 15.0 Å². The average molecular weight is 953 g/mol. The molecule has 3 aromatic heterocycles. The molecule has 5 aromatic rings. The molecule has 4 amide bonds. The van der Waals surface area contributed by atoms with Crippen LogP contribution >= 0.6 is 35.1 Å². The van der Waals surface area contributed by atoms with Crippen LogP contribution in [0.25, 0.3) is 22.2 Å². The van der Waals surface area contributed by atoms with Gasteiger partial charge in [-0.2, -0.15) is 5.10 Å². The Hall–Kier alpha value is -5.88. The van der Waals surface area contributed by atoms with Crippen LogP contribution in [0.4, 0.5) is 11.5 Å². The van der Waals surface area contributed by atoms with Crippen molar-refractivity contribution in [3.8, 4) is 17.0 Å². The van der Waals surface area contributed by atoms with Gasteiger partial charge < -0.3 is 29.4 Å². The molecule has 3 fully saturated rings. The van der Waals surface area contributed by atoms with Crippen LogP contribution in [0.5, 0.6) is 5.75 Å². The summed E-state index contributed by atoms with van der Waals surface area (Å²) < 4.78 is 8.70. The quantitative estimate of drug-likeness (QED) is 0.0542. The van der Waals surface area contributed by atoms with E-state index in [2.05, 4.69) is 41.8 Å². The summed E-state index contributed by atoms with van der Waals surface area (Å²) >= 11 is 14.6. The topological polar surface area (TPSA) is 191 Å². The lowest BCUT2D eigenvalue weighted by Crippen LogP contribution is -2.71. The summed E-state index contributed by atoms with van der Waals surface area (Å²) in [5.74, 6) is -0.117. The van der Waals surface area contributed by atoms with E-state index in [9.17, 15) is 28.8 Å². The second kappa shape index (κ2) is 19.1. The summed E-state index contributed by atoms with van der Waals surface area (Å²) in [6.07, 6.45) is 8.14. The number of piperidine rings is 1. The van der Waals surface area contributed by atoms with Crippen molar-refractivity contribution in [1.29, 1.82) is 0 Å². The van der Waals surface area contributed by atoms with Gasteiger partial charge in [0.15, 0.2) is 0 Å². The maximum Gasteiger partial charge on any atom is 0.264 e. The molecule has 2 atom stereocenters. The first-order valence-corrected chi connectivity index (χ1v) is 23.6. The first kappa shape index (κ1) is 45.3. The lowest BCUT2D eigenvalue weighted by molar-refractivity contribution is -0.132. The van der Waals surface area contributed by atoms with E-state index in [1.54, 1.807) is 18.5 Å². The Kier molecular flexibility index (Phi) is 13.1. The number of pyridine rings is 2. The maximum atomic E-state index is 13.2. The van der Waals surface area contributed by atoms with E-state index in [0.29, 0.717) is 58.7 Å². The fourth-order valence-corrected chi connectivity index (χ4v) is 11.6. The first-order chi connectivity index (χ1) is 31.9. The molecular weight excluding hydrogens is 906 g/mol. The zero-order chi connectivity index (χ0) is 46.1. The van der Waals surface area contributed by atoms with Crippen LogP contribution in [0.3, 0.4) is 0 Å². The predicted molar refractivity (Wildman–Crippen MR) is 251 cm³/mol. The van der Waals surface area contributed by atoms with Gasteiger partial charge in [-0.1, -0.05) is 41.2 Å². The van der Waals surface area contributed by atoms with E-state index >= 15 is 0 Å². The van der Waals surface area contributed by atoms with Crippen molar-refractivity contribution in [2.24, 2.45) is 5.41 Å².